The number of methoxy groups -OCH3 is 2. The van der Waals surface area contributed by atoms with Crippen LogP contribution in [0.1, 0.15) is 53.0 Å². The third kappa shape index (κ3) is 9.85. The van der Waals surface area contributed by atoms with Gasteiger partial charge >= 0.3 is 0 Å². The maximum atomic E-state index is 6.03. The van der Waals surface area contributed by atoms with Gasteiger partial charge in [-0.1, -0.05) is 0 Å². The molecular weight excluding hydrogens is 396 g/mol. The van der Waals surface area contributed by atoms with E-state index >= 15 is 0 Å². The van der Waals surface area contributed by atoms with E-state index in [4.69, 9.17) is 30.4 Å². The van der Waals surface area contributed by atoms with E-state index in [1.54, 1.807) is 21.1 Å². The average Bonchev–Trinajstić information content (AvgIpc) is 2.73. The Morgan fingerprint density at radius 3 is 1.90 bits per heavy atom. The van der Waals surface area contributed by atoms with Crippen LogP contribution in [0.4, 0.5) is 0 Å². The van der Waals surface area contributed by atoms with Gasteiger partial charge < -0.3 is 30.4 Å². The standard InChI is InChI=1S/C23H38N4O4/c1-15(2)22(25)27-23(26-18(5)24)19-8-9-20(30-12-10-16(3)28-6)21(14-19)31-13-11-17(4)29-7/h8-9,14,16-17H,10-13,25H2,1-7H3,(H2,24,26,27). The highest BCUT2D eigenvalue weighted by Crippen LogP contribution is 2.30. The SMILES string of the molecule is COC(C)CCOc1ccc(/C(N=C(C)N)=N/C(N)=C(C)C)cc1OCCC(C)OC. The van der Waals surface area contributed by atoms with E-state index in [1.807, 2.05) is 45.9 Å². The highest BCUT2D eigenvalue weighted by Gasteiger charge is 2.13. The summed E-state index contributed by atoms with van der Waals surface area (Å²) in [4.78, 5) is 8.80. The van der Waals surface area contributed by atoms with Crippen LogP contribution in [0.25, 0.3) is 0 Å². The van der Waals surface area contributed by atoms with Crippen LogP contribution in [-0.4, -0.2) is 51.3 Å². The maximum absolute atomic E-state index is 6.03. The molecule has 8 nitrogen and oxygen atoms in total. The van der Waals surface area contributed by atoms with Crippen molar-refractivity contribution in [2.75, 3.05) is 27.4 Å². The summed E-state index contributed by atoms with van der Waals surface area (Å²) in [5.74, 6) is 2.42. The van der Waals surface area contributed by atoms with E-state index in [0.717, 1.165) is 24.0 Å². The zero-order valence-electron chi connectivity index (χ0n) is 19.9. The van der Waals surface area contributed by atoms with Gasteiger partial charge in [0.2, 0.25) is 0 Å². The molecule has 8 heteroatoms. The Kier molecular flexibility index (Phi) is 11.7. The van der Waals surface area contributed by atoms with Gasteiger partial charge in [-0.3, -0.25) is 0 Å². The predicted molar refractivity (Wildman–Crippen MR) is 126 cm³/mol. The Hall–Kier alpha value is -2.58. The number of nitrogens with zero attached hydrogens (tertiary/aromatic N) is 2. The molecule has 0 saturated carbocycles. The quantitative estimate of drug-likeness (QED) is 0.384. The molecule has 0 saturated heterocycles. The van der Waals surface area contributed by atoms with Crippen molar-refractivity contribution >= 4 is 11.7 Å². The number of rotatable bonds is 12. The molecule has 31 heavy (non-hydrogen) atoms. The lowest BCUT2D eigenvalue weighted by Crippen LogP contribution is -2.14. The average molecular weight is 435 g/mol. The van der Waals surface area contributed by atoms with Crippen LogP contribution in [0.2, 0.25) is 0 Å². The van der Waals surface area contributed by atoms with Crippen molar-refractivity contribution in [3.63, 3.8) is 0 Å². The smallest absolute Gasteiger partial charge is 0.163 e. The summed E-state index contributed by atoms with van der Waals surface area (Å²) in [5.41, 5.74) is 13.5. The molecular formula is C23H38N4O4. The molecule has 0 fully saturated rings. The van der Waals surface area contributed by atoms with Crippen LogP contribution in [0.5, 0.6) is 11.5 Å². The summed E-state index contributed by atoms with van der Waals surface area (Å²) in [6, 6.07) is 5.55. The van der Waals surface area contributed by atoms with Crippen molar-refractivity contribution in [1.82, 2.24) is 0 Å². The highest BCUT2D eigenvalue weighted by atomic mass is 16.5. The van der Waals surface area contributed by atoms with Gasteiger partial charge in [-0.05, 0) is 58.4 Å². The molecule has 4 N–H and O–H groups in total. The van der Waals surface area contributed by atoms with Gasteiger partial charge in [-0.15, -0.1) is 0 Å². The molecule has 0 aliphatic carbocycles. The molecule has 0 bridgehead atoms. The minimum Gasteiger partial charge on any atom is -0.490 e. The summed E-state index contributed by atoms with van der Waals surface area (Å²) < 4.78 is 22.6. The van der Waals surface area contributed by atoms with Gasteiger partial charge in [0.25, 0.3) is 0 Å². The van der Waals surface area contributed by atoms with E-state index in [9.17, 15) is 0 Å². The van der Waals surface area contributed by atoms with Crippen molar-refractivity contribution in [2.45, 2.75) is 59.7 Å². The zero-order valence-corrected chi connectivity index (χ0v) is 19.9. The van der Waals surface area contributed by atoms with Crippen LogP contribution in [0.3, 0.4) is 0 Å². The second kappa shape index (κ2) is 13.7. The molecule has 0 aliphatic heterocycles. The van der Waals surface area contributed by atoms with Gasteiger partial charge in [-0.2, -0.15) is 0 Å². The van der Waals surface area contributed by atoms with E-state index < -0.39 is 0 Å². The number of hydrogen-bond acceptors (Lipinski definition) is 6. The Labute approximate surface area is 186 Å². The highest BCUT2D eigenvalue weighted by molar-refractivity contribution is 6.06. The first-order valence-corrected chi connectivity index (χ1v) is 10.5. The van der Waals surface area contributed by atoms with Crippen LogP contribution in [0.15, 0.2) is 39.6 Å². The topological polar surface area (TPSA) is 114 Å². The molecule has 174 valence electrons. The normalized spacial score (nSPS) is 14.2. The Morgan fingerprint density at radius 1 is 0.871 bits per heavy atom. The summed E-state index contributed by atoms with van der Waals surface area (Å²) in [6.45, 7) is 10.5. The molecule has 0 spiro atoms. The van der Waals surface area contributed by atoms with E-state index in [2.05, 4.69) is 9.98 Å². The minimum absolute atomic E-state index is 0.0918. The van der Waals surface area contributed by atoms with Crippen molar-refractivity contribution in [3.05, 3.63) is 35.2 Å². The van der Waals surface area contributed by atoms with Crippen LogP contribution < -0.4 is 20.9 Å². The van der Waals surface area contributed by atoms with Gasteiger partial charge in [0.15, 0.2) is 17.3 Å². The zero-order chi connectivity index (χ0) is 23.4. The van der Waals surface area contributed by atoms with Crippen LogP contribution >= 0.6 is 0 Å². The number of benzene rings is 1. The molecule has 1 aromatic carbocycles. The van der Waals surface area contributed by atoms with Gasteiger partial charge in [0.1, 0.15) is 5.82 Å². The van der Waals surface area contributed by atoms with Crippen molar-refractivity contribution in [3.8, 4) is 11.5 Å². The van der Waals surface area contributed by atoms with E-state index in [-0.39, 0.29) is 12.2 Å². The fourth-order valence-electron chi connectivity index (χ4n) is 2.33. The molecule has 1 aromatic rings. The van der Waals surface area contributed by atoms with Crippen molar-refractivity contribution in [1.29, 1.82) is 0 Å². The Morgan fingerprint density at radius 2 is 1.42 bits per heavy atom. The van der Waals surface area contributed by atoms with Crippen molar-refractivity contribution < 1.29 is 18.9 Å². The van der Waals surface area contributed by atoms with Crippen LogP contribution in [0, 0.1) is 0 Å². The molecule has 0 radical (unpaired) electrons. The fraction of sp³-hybridized carbons (Fsp3) is 0.565. The van der Waals surface area contributed by atoms with Crippen molar-refractivity contribution in [2.24, 2.45) is 21.5 Å². The lowest BCUT2D eigenvalue weighted by atomic mass is 10.1. The minimum atomic E-state index is 0.0918. The second-order valence-electron chi connectivity index (χ2n) is 7.60. The van der Waals surface area contributed by atoms with Crippen LogP contribution in [-0.2, 0) is 9.47 Å². The summed E-state index contributed by atoms with van der Waals surface area (Å²) in [6.07, 6.45) is 1.71. The molecule has 1 rings (SSSR count). The number of amidine groups is 2. The molecule has 0 aromatic heterocycles. The first-order valence-electron chi connectivity index (χ1n) is 10.5. The molecule has 0 amide bonds. The number of nitrogens with two attached hydrogens (primary N) is 2. The molecule has 2 atom stereocenters. The van der Waals surface area contributed by atoms with E-state index in [0.29, 0.717) is 42.2 Å². The Bertz CT molecular complexity index is 782. The third-order valence-electron chi connectivity index (χ3n) is 4.59. The first kappa shape index (κ1) is 26.5. The molecule has 0 aliphatic rings. The third-order valence-corrected chi connectivity index (χ3v) is 4.59. The fourth-order valence-corrected chi connectivity index (χ4v) is 2.33. The monoisotopic (exact) mass is 434 g/mol. The summed E-state index contributed by atoms with van der Waals surface area (Å²) in [7, 11) is 3.37. The largest absolute Gasteiger partial charge is 0.490 e. The Balaban J connectivity index is 3.24. The predicted octanol–water partition coefficient (Wildman–Crippen LogP) is 3.63. The number of aliphatic imine (C=N–C) groups is 2. The second-order valence-corrected chi connectivity index (χ2v) is 7.60. The first-order chi connectivity index (χ1) is 14.7. The maximum Gasteiger partial charge on any atom is 0.163 e. The summed E-state index contributed by atoms with van der Waals surface area (Å²) >= 11 is 0. The number of allylic oxidation sites excluding steroid dienone is 1. The lowest BCUT2D eigenvalue weighted by Gasteiger charge is -2.17. The molecule has 0 heterocycles. The number of ether oxygens (including phenoxy) is 4. The number of hydrogen-bond donors (Lipinski definition) is 2. The van der Waals surface area contributed by atoms with Gasteiger partial charge in [-0.25, -0.2) is 9.98 Å². The van der Waals surface area contributed by atoms with E-state index in [1.165, 1.54) is 0 Å². The molecule has 2 unspecified atom stereocenters. The van der Waals surface area contributed by atoms with Gasteiger partial charge in [0.05, 0.1) is 31.3 Å². The van der Waals surface area contributed by atoms with Gasteiger partial charge in [0, 0.05) is 32.6 Å². The summed E-state index contributed by atoms with van der Waals surface area (Å²) in [5, 5.41) is 0. The lowest BCUT2D eigenvalue weighted by molar-refractivity contribution is 0.0907.